The molecule has 1 saturated heterocycles. The Morgan fingerprint density at radius 1 is 1.06 bits per heavy atom. The topological polar surface area (TPSA) is 44.3 Å². The highest BCUT2D eigenvalue weighted by molar-refractivity contribution is 4.89. The highest BCUT2D eigenvalue weighted by atomic mass is 16.3. The summed E-state index contributed by atoms with van der Waals surface area (Å²) in [6.07, 6.45) is 2.93. The second-order valence-corrected chi connectivity index (χ2v) is 5.44. The Labute approximate surface area is 106 Å². The zero-order valence-electron chi connectivity index (χ0n) is 11.9. The van der Waals surface area contributed by atoms with E-state index in [9.17, 15) is 5.11 Å². The third-order valence-electron chi connectivity index (χ3n) is 4.29. The van der Waals surface area contributed by atoms with Crippen LogP contribution in [0.4, 0.5) is 0 Å². The van der Waals surface area contributed by atoms with E-state index in [0.717, 1.165) is 32.4 Å². The maximum atomic E-state index is 10.2. The summed E-state index contributed by atoms with van der Waals surface area (Å²) in [5, 5.41) is 17.3. The summed E-state index contributed by atoms with van der Waals surface area (Å²) >= 11 is 0. The van der Waals surface area contributed by atoms with E-state index in [4.69, 9.17) is 0 Å². The molecule has 0 spiro atoms. The molecule has 0 bridgehead atoms. The Bertz CT molecular complexity index is 202. The second-order valence-electron chi connectivity index (χ2n) is 5.44. The first-order chi connectivity index (χ1) is 8.13. The smallest absolute Gasteiger partial charge is 0.0568 e. The highest BCUT2D eigenvalue weighted by Gasteiger charge is 2.32. The Balaban J connectivity index is 2.61. The van der Waals surface area contributed by atoms with Crippen LogP contribution in [0.15, 0.2) is 0 Å². The predicted octanol–water partition coefficient (Wildman–Crippen LogP) is 1.76. The van der Waals surface area contributed by atoms with Crippen molar-refractivity contribution in [3.05, 3.63) is 0 Å². The molecule has 3 heteroatoms. The van der Waals surface area contributed by atoms with Gasteiger partial charge in [0, 0.05) is 25.2 Å². The van der Waals surface area contributed by atoms with E-state index < -0.39 is 0 Å². The molecule has 0 aromatic heterocycles. The van der Waals surface area contributed by atoms with Crippen LogP contribution in [-0.2, 0) is 0 Å². The summed E-state index contributed by atoms with van der Waals surface area (Å²) in [6, 6.07) is 1.09. The van der Waals surface area contributed by atoms with Gasteiger partial charge in [-0.25, -0.2) is 0 Å². The lowest BCUT2D eigenvalue weighted by molar-refractivity contribution is 0.0469. The molecular formula is C14H30N2O. The standard InChI is InChI=1S/C14H30N2O/c1-5-11(12(6-2)14(17)7-3)13-9-15-10(4)8-16-13/h10-17H,5-9H2,1-4H3. The Morgan fingerprint density at radius 2 is 1.76 bits per heavy atom. The molecule has 1 aliphatic heterocycles. The fourth-order valence-electron chi connectivity index (χ4n) is 3.15. The van der Waals surface area contributed by atoms with Gasteiger partial charge in [-0.2, -0.15) is 0 Å². The predicted molar refractivity (Wildman–Crippen MR) is 73.1 cm³/mol. The van der Waals surface area contributed by atoms with E-state index >= 15 is 0 Å². The van der Waals surface area contributed by atoms with Gasteiger partial charge in [-0.05, 0) is 25.2 Å². The normalized spacial score (nSPS) is 30.9. The highest BCUT2D eigenvalue weighted by Crippen LogP contribution is 2.28. The zero-order valence-corrected chi connectivity index (χ0v) is 11.9. The minimum absolute atomic E-state index is 0.147. The van der Waals surface area contributed by atoms with Crippen molar-refractivity contribution < 1.29 is 5.11 Å². The molecule has 3 nitrogen and oxygen atoms in total. The summed E-state index contributed by atoms with van der Waals surface area (Å²) in [5.74, 6) is 1.01. The largest absolute Gasteiger partial charge is 0.393 e. The molecule has 0 amide bonds. The molecule has 17 heavy (non-hydrogen) atoms. The van der Waals surface area contributed by atoms with Gasteiger partial charge < -0.3 is 15.7 Å². The molecule has 1 rings (SSSR count). The Hall–Kier alpha value is -0.120. The molecule has 1 fully saturated rings. The number of hydrogen-bond donors (Lipinski definition) is 3. The van der Waals surface area contributed by atoms with Crippen molar-refractivity contribution in [1.29, 1.82) is 0 Å². The molecule has 102 valence electrons. The molecular weight excluding hydrogens is 212 g/mol. The van der Waals surface area contributed by atoms with Gasteiger partial charge in [-0.1, -0.05) is 33.6 Å². The van der Waals surface area contributed by atoms with Gasteiger partial charge in [0.05, 0.1) is 6.10 Å². The monoisotopic (exact) mass is 242 g/mol. The van der Waals surface area contributed by atoms with E-state index in [1.165, 1.54) is 0 Å². The summed E-state index contributed by atoms with van der Waals surface area (Å²) in [6.45, 7) is 10.8. The molecule has 3 N–H and O–H groups in total. The van der Waals surface area contributed by atoms with Crippen molar-refractivity contribution in [2.24, 2.45) is 11.8 Å². The maximum Gasteiger partial charge on any atom is 0.0568 e. The van der Waals surface area contributed by atoms with Gasteiger partial charge >= 0.3 is 0 Å². The van der Waals surface area contributed by atoms with E-state index in [2.05, 4.69) is 38.3 Å². The minimum atomic E-state index is -0.147. The van der Waals surface area contributed by atoms with Crippen molar-refractivity contribution in [1.82, 2.24) is 10.6 Å². The van der Waals surface area contributed by atoms with Crippen LogP contribution in [0.1, 0.15) is 47.0 Å². The van der Waals surface area contributed by atoms with Crippen LogP contribution in [0.2, 0.25) is 0 Å². The van der Waals surface area contributed by atoms with Crippen LogP contribution in [0.25, 0.3) is 0 Å². The lowest BCUT2D eigenvalue weighted by Gasteiger charge is -2.39. The van der Waals surface area contributed by atoms with E-state index in [0.29, 0.717) is 23.9 Å². The van der Waals surface area contributed by atoms with Gasteiger partial charge in [-0.15, -0.1) is 0 Å². The molecule has 0 aliphatic carbocycles. The van der Waals surface area contributed by atoms with Crippen LogP contribution < -0.4 is 10.6 Å². The fraction of sp³-hybridized carbons (Fsp3) is 1.00. The summed E-state index contributed by atoms with van der Waals surface area (Å²) in [5.41, 5.74) is 0. The summed E-state index contributed by atoms with van der Waals surface area (Å²) in [4.78, 5) is 0. The van der Waals surface area contributed by atoms with E-state index in [1.54, 1.807) is 0 Å². The average Bonchev–Trinajstić information content (AvgIpc) is 2.36. The number of hydrogen-bond acceptors (Lipinski definition) is 3. The molecule has 5 atom stereocenters. The number of aliphatic hydroxyl groups excluding tert-OH is 1. The third-order valence-corrected chi connectivity index (χ3v) is 4.29. The third kappa shape index (κ3) is 3.94. The van der Waals surface area contributed by atoms with Gasteiger partial charge in [-0.3, -0.25) is 0 Å². The first kappa shape index (κ1) is 14.9. The van der Waals surface area contributed by atoms with Crippen LogP contribution in [-0.4, -0.2) is 36.4 Å². The van der Waals surface area contributed by atoms with Crippen molar-refractivity contribution in [3.8, 4) is 0 Å². The summed E-state index contributed by atoms with van der Waals surface area (Å²) < 4.78 is 0. The number of nitrogens with one attached hydrogen (secondary N) is 2. The SMILES string of the molecule is CCC(O)C(CC)C(CC)C1CNC(C)CN1. The number of aliphatic hydroxyl groups is 1. The van der Waals surface area contributed by atoms with Crippen molar-refractivity contribution in [2.45, 2.75) is 65.1 Å². The lowest BCUT2D eigenvalue weighted by Crippen LogP contribution is -2.57. The van der Waals surface area contributed by atoms with Gasteiger partial charge in [0.15, 0.2) is 0 Å². The molecule has 1 aliphatic rings. The fourth-order valence-corrected chi connectivity index (χ4v) is 3.15. The molecule has 0 saturated carbocycles. The van der Waals surface area contributed by atoms with Crippen LogP contribution in [0.3, 0.4) is 0 Å². The minimum Gasteiger partial charge on any atom is -0.393 e. The zero-order chi connectivity index (χ0) is 12.8. The van der Waals surface area contributed by atoms with E-state index in [-0.39, 0.29) is 6.10 Å². The average molecular weight is 242 g/mol. The van der Waals surface area contributed by atoms with Crippen molar-refractivity contribution >= 4 is 0 Å². The molecule has 5 unspecified atom stereocenters. The molecule has 0 aromatic carbocycles. The quantitative estimate of drug-likeness (QED) is 0.665. The first-order valence-electron chi connectivity index (χ1n) is 7.28. The maximum absolute atomic E-state index is 10.2. The molecule has 1 heterocycles. The Kier molecular flexibility index (Phi) is 6.45. The van der Waals surface area contributed by atoms with Crippen molar-refractivity contribution in [2.75, 3.05) is 13.1 Å². The molecule has 0 aromatic rings. The van der Waals surface area contributed by atoms with Gasteiger partial charge in [0.2, 0.25) is 0 Å². The second kappa shape index (κ2) is 7.34. The molecule has 0 radical (unpaired) electrons. The van der Waals surface area contributed by atoms with Crippen molar-refractivity contribution in [3.63, 3.8) is 0 Å². The van der Waals surface area contributed by atoms with Crippen LogP contribution in [0.5, 0.6) is 0 Å². The van der Waals surface area contributed by atoms with Crippen LogP contribution in [0, 0.1) is 11.8 Å². The van der Waals surface area contributed by atoms with Gasteiger partial charge in [0.1, 0.15) is 0 Å². The lowest BCUT2D eigenvalue weighted by atomic mass is 9.77. The number of rotatable bonds is 6. The number of piperazine rings is 1. The summed E-state index contributed by atoms with van der Waals surface area (Å²) in [7, 11) is 0. The van der Waals surface area contributed by atoms with E-state index in [1.807, 2.05) is 0 Å². The van der Waals surface area contributed by atoms with Gasteiger partial charge in [0.25, 0.3) is 0 Å². The first-order valence-corrected chi connectivity index (χ1v) is 7.28. The van der Waals surface area contributed by atoms with Crippen LogP contribution >= 0.6 is 0 Å². The Morgan fingerprint density at radius 3 is 2.18 bits per heavy atom.